The summed E-state index contributed by atoms with van der Waals surface area (Å²) in [5, 5.41) is 9.51. The van der Waals surface area contributed by atoms with Crippen LogP contribution in [-0.4, -0.2) is 56.9 Å². The van der Waals surface area contributed by atoms with Crippen LogP contribution in [-0.2, 0) is 13.1 Å². The third-order valence-corrected chi connectivity index (χ3v) is 5.65. The minimum absolute atomic E-state index is 0.108. The monoisotopic (exact) mass is 402 g/mol. The highest BCUT2D eigenvalue weighted by Gasteiger charge is 2.30. The smallest absolute Gasteiger partial charge is 0.328 e. The zero-order valence-corrected chi connectivity index (χ0v) is 17.1. The maximum absolute atomic E-state index is 5.54. The Balaban J connectivity index is 1.57. The molecular formula is C18H22N6O3S. The molecule has 1 aliphatic rings. The Morgan fingerprint density at radius 2 is 1.96 bits per heavy atom. The molecule has 0 spiro atoms. The predicted molar refractivity (Wildman–Crippen MR) is 104 cm³/mol. The van der Waals surface area contributed by atoms with Crippen molar-refractivity contribution in [3.63, 3.8) is 0 Å². The average molecular weight is 402 g/mol. The summed E-state index contributed by atoms with van der Waals surface area (Å²) in [7, 11) is 4.88. The summed E-state index contributed by atoms with van der Waals surface area (Å²) >= 11 is 1.27. The summed E-state index contributed by atoms with van der Waals surface area (Å²) in [6.45, 7) is 4.54. The average Bonchev–Trinajstić information content (AvgIpc) is 3.37. The van der Waals surface area contributed by atoms with Gasteiger partial charge in [-0.1, -0.05) is 6.07 Å². The second-order valence-corrected chi connectivity index (χ2v) is 7.20. The molecule has 2 aromatic heterocycles. The lowest BCUT2D eigenvalue weighted by atomic mass is 10.1. The van der Waals surface area contributed by atoms with Gasteiger partial charge in [0.1, 0.15) is 11.5 Å². The van der Waals surface area contributed by atoms with Gasteiger partial charge in [-0.2, -0.15) is 4.98 Å². The number of fused-ring (bicyclic) bond motifs is 1. The van der Waals surface area contributed by atoms with Crippen molar-refractivity contribution in [2.75, 3.05) is 27.9 Å². The fraction of sp³-hybridized carbons (Fsp3) is 0.444. The molecule has 28 heavy (non-hydrogen) atoms. The van der Waals surface area contributed by atoms with Crippen LogP contribution in [0.4, 0.5) is 0 Å². The topological polar surface area (TPSA) is 87.4 Å². The molecule has 0 bridgehead atoms. The molecule has 0 N–H and O–H groups in total. The van der Waals surface area contributed by atoms with Crippen LogP contribution in [0.15, 0.2) is 18.2 Å². The predicted octanol–water partition coefficient (Wildman–Crippen LogP) is 2.40. The molecule has 3 heterocycles. The fourth-order valence-corrected chi connectivity index (χ4v) is 4.02. The van der Waals surface area contributed by atoms with Gasteiger partial charge in [-0.25, -0.2) is 0 Å². The molecule has 0 saturated heterocycles. The van der Waals surface area contributed by atoms with Crippen molar-refractivity contribution in [3.05, 3.63) is 29.6 Å². The van der Waals surface area contributed by atoms with Crippen molar-refractivity contribution in [1.82, 2.24) is 29.0 Å². The molecule has 1 aliphatic heterocycles. The summed E-state index contributed by atoms with van der Waals surface area (Å²) in [4.78, 5) is 6.71. The molecule has 10 heteroatoms. The fourth-order valence-electron chi connectivity index (χ4n) is 3.39. The lowest BCUT2D eigenvalue weighted by molar-refractivity contribution is 0.155. The molecule has 1 atom stereocenters. The van der Waals surface area contributed by atoms with Crippen LogP contribution in [0.1, 0.15) is 24.4 Å². The van der Waals surface area contributed by atoms with Gasteiger partial charge >= 0.3 is 6.01 Å². The van der Waals surface area contributed by atoms with Crippen LogP contribution in [0.5, 0.6) is 17.5 Å². The van der Waals surface area contributed by atoms with E-state index >= 15 is 0 Å². The summed E-state index contributed by atoms with van der Waals surface area (Å²) < 4.78 is 22.2. The Labute approximate surface area is 167 Å². The minimum Gasteiger partial charge on any atom is -0.497 e. The number of hydrogen-bond acceptors (Lipinski definition) is 9. The third kappa shape index (κ3) is 3.29. The van der Waals surface area contributed by atoms with Gasteiger partial charge in [-0.15, -0.1) is 14.6 Å². The largest absolute Gasteiger partial charge is 0.497 e. The SMILES string of the molecule is COc1ccc(CN2CCn3c(-c4nc(OC)ns4)nnc3[C@H]2C)c(OC)c1. The standard InChI is InChI=1S/C18H22N6O3S/c1-11-15-20-21-16(17-19-18(27-4)22-28-17)24(15)8-7-23(11)10-12-5-6-13(25-2)9-14(12)26-3/h5-6,9,11H,7-8,10H2,1-4H3/t11-/m1/s1. The Morgan fingerprint density at radius 1 is 1.11 bits per heavy atom. The Hall–Kier alpha value is -2.72. The van der Waals surface area contributed by atoms with Crippen LogP contribution in [0.2, 0.25) is 0 Å². The summed E-state index contributed by atoms with van der Waals surface area (Å²) in [6.07, 6.45) is 0. The van der Waals surface area contributed by atoms with E-state index in [0.29, 0.717) is 11.0 Å². The molecule has 0 saturated carbocycles. The lowest BCUT2D eigenvalue weighted by Gasteiger charge is -2.33. The molecule has 0 amide bonds. The highest BCUT2D eigenvalue weighted by atomic mass is 32.1. The van der Waals surface area contributed by atoms with Gasteiger partial charge in [0, 0.05) is 31.3 Å². The quantitative estimate of drug-likeness (QED) is 0.621. The Kier molecular flexibility index (Phi) is 5.14. The van der Waals surface area contributed by atoms with Crippen molar-refractivity contribution in [2.24, 2.45) is 0 Å². The van der Waals surface area contributed by atoms with E-state index in [1.54, 1.807) is 21.3 Å². The number of nitrogens with zero attached hydrogens (tertiary/aromatic N) is 6. The second kappa shape index (κ2) is 7.72. The van der Waals surface area contributed by atoms with Crippen LogP contribution in [0, 0.1) is 0 Å². The van der Waals surface area contributed by atoms with Gasteiger partial charge in [-0.3, -0.25) is 4.90 Å². The Bertz CT molecular complexity index is 972. The van der Waals surface area contributed by atoms with E-state index < -0.39 is 0 Å². The highest BCUT2D eigenvalue weighted by Crippen LogP contribution is 2.33. The number of aromatic nitrogens is 5. The number of methoxy groups -OCH3 is 3. The first-order valence-corrected chi connectivity index (χ1v) is 9.68. The van der Waals surface area contributed by atoms with E-state index in [4.69, 9.17) is 14.2 Å². The molecule has 1 aromatic carbocycles. The normalized spacial score (nSPS) is 16.6. The lowest BCUT2D eigenvalue weighted by Crippen LogP contribution is -2.36. The number of hydrogen-bond donors (Lipinski definition) is 0. The van der Waals surface area contributed by atoms with E-state index in [9.17, 15) is 0 Å². The van der Waals surface area contributed by atoms with E-state index in [0.717, 1.165) is 48.3 Å². The zero-order chi connectivity index (χ0) is 19.7. The number of benzene rings is 1. The molecule has 0 unspecified atom stereocenters. The zero-order valence-electron chi connectivity index (χ0n) is 16.2. The van der Waals surface area contributed by atoms with Crippen molar-refractivity contribution in [2.45, 2.75) is 26.1 Å². The maximum atomic E-state index is 5.54. The minimum atomic E-state index is 0.108. The van der Waals surface area contributed by atoms with Gasteiger partial charge in [0.25, 0.3) is 0 Å². The summed E-state index contributed by atoms with van der Waals surface area (Å²) in [5.74, 6) is 3.26. The van der Waals surface area contributed by atoms with E-state index in [-0.39, 0.29) is 6.04 Å². The first kappa shape index (κ1) is 18.6. The first-order chi connectivity index (χ1) is 13.6. The highest BCUT2D eigenvalue weighted by molar-refractivity contribution is 7.09. The summed E-state index contributed by atoms with van der Waals surface area (Å²) in [6, 6.07) is 6.37. The van der Waals surface area contributed by atoms with E-state index in [2.05, 4.69) is 35.9 Å². The van der Waals surface area contributed by atoms with Crippen molar-refractivity contribution >= 4 is 11.5 Å². The van der Waals surface area contributed by atoms with Gasteiger partial charge in [-0.05, 0) is 24.5 Å². The maximum Gasteiger partial charge on any atom is 0.328 e. The van der Waals surface area contributed by atoms with Crippen LogP contribution in [0.3, 0.4) is 0 Å². The van der Waals surface area contributed by atoms with Gasteiger partial charge in [0.05, 0.1) is 27.4 Å². The Morgan fingerprint density at radius 3 is 2.68 bits per heavy atom. The number of rotatable bonds is 6. The molecule has 0 fully saturated rings. The van der Waals surface area contributed by atoms with Crippen molar-refractivity contribution in [1.29, 1.82) is 0 Å². The van der Waals surface area contributed by atoms with Crippen molar-refractivity contribution in [3.8, 4) is 28.3 Å². The second-order valence-electron chi connectivity index (χ2n) is 6.44. The van der Waals surface area contributed by atoms with Gasteiger partial charge in [0.2, 0.25) is 0 Å². The number of ether oxygens (including phenoxy) is 3. The molecule has 0 aliphatic carbocycles. The van der Waals surface area contributed by atoms with Crippen LogP contribution < -0.4 is 14.2 Å². The molecule has 4 rings (SSSR count). The van der Waals surface area contributed by atoms with Crippen LogP contribution >= 0.6 is 11.5 Å². The van der Waals surface area contributed by atoms with E-state index in [1.807, 2.05) is 18.2 Å². The van der Waals surface area contributed by atoms with E-state index in [1.165, 1.54) is 11.5 Å². The molecular weight excluding hydrogens is 380 g/mol. The molecule has 9 nitrogen and oxygen atoms in total. The molecule has 3 aromatic rings. The molecule has 148 valence electrons. The van der Waals surface area contributed by atoms with Crippen LogP contribution in [0.25, 0.3) is 10.8 Å². The third-order valence-electron chi connectivity index (χ3n) is 4.96. The molecule has 0 radical (unpaired) electrons. The van der Waals surface area contributed by atoms with Crippen molar-refractivity contribution < 1.29 is 14.2 Å². The van der Waals surface area contributed by atoms with Gasteiger partial charge in [0.15, 0.2) is 16.7 Å². The van der Waals surface area contributed by atoms with Gasteiger partial charge < -0.3 is 18.8 Å². The first-order valence-electron chi connectivity index (χ1n) is 8.90. The summed E-state index contributed by atoms with van der Waals surface area (Å²) in [5.41, 5.74) is 1.11.